The average molecular weight is 202 g/mol. The Morgan fingerprint density at radius 2 is 1.80 bits per heavy atom. The molecule has 0 bridgehead atoms. The summed E-state index contributed by atoms with van der Waals surface area (Å²) in [5.74, 6) is 0.187. The molecule has 15 heavy (non-hydrogen) atoms. The molecule has 0 spiro atoms. The Hall–Kier alpha value is -1.37. The molecule has 0 unspecified atom stereocenters. The second-order valence-corrected chi connectivity index (χ2v) is 3.70. The van der Waals surface area contributed by atoms with Crippen LogP contribution in [0, 0.1) is 0 Å². The molecule has 0 atom stereocenters. The van der Waals surface area contributed by atoms with Crippen molar-refractivity contribution in [1.82, 2.24) is 0 Å². The summed E-state index contributed by atoms with van der Waals surface area (Å²) in [6, 6.07) is 8.38. The zero-order valence-electron chi connectivity index (χ0n) is 9.71. The van der Waals surface area contributed by atoms with Gasteiger partial charge in [0.05, 0.1) is 0 Å². The molecule has 0 fully saturated rings. The van der Waals surface area contributed by atoms with Gasteiger partial charge >= 0.3 is 0 Å². The lowest BCUT2D eigenvalue weighted by Crippen LogP contribution is -1.91. The minimum Gasteiger partial charge on any atom is -0.295 e. The summed E-state index contributed by atoms with van der Waals surface area (Å²) in [6.45, 7) is 6.00. The van der Waals surface area contributed by atoms with E-state index in [-0.39, 0.29) is 5.78 Å². The van der Waals surface area contributed by atoms with Crippen LogP contribution < -0.4 is 0 Å². The number of carbonyl (C=O) groups is 1. The number of aryl methyl sites for hydroxylation is 1. The molecule has 80 valence electrons. The molecule has 1 nitrogen and oxygen atoms in total. The largest absolute Gasteiger partial charge is 0.295 e. The van der Waals surface area contributed by atoms with E-state index in [9.17, 15) is 4.79 Å². The molecular weight excluding hydrogens is 184 g/mol. The van der Waals surface area contributed by atoms with Gasteiger partial charge in [-0.3, -0.25) is 4.79 Å². The zero-order chi connectivity index (χ0) is 11.3. The standard InChI is InChI=1S/C14H18O/c1-4-12-6-8-13(9-7-12)11(3)10-14(15)5-2/h6-10H,4-5H2,1-3H3. The Balaban J connectivity index is 2.87. The highest BCUT2D eigenvalue weighted by Gasteiger charge is 1.98. The summed E-state index contributed by atoms with van der Waals surface area (Å²) < 4.78 is 0. The number of ketones is 1. The Morgan fingerprint density at radius 1 is 1.20 bits per heavy atom. The van der Waals surface area contributed by atoms with Gasteiger partial charge in [0.1, 0.15) is 0 Å². The highest BCUT2D eigenvalue weighted by atomic mass is 16.1. The molecule has 1 aromatic carbocycles. The van der Waals surface area contributed by atoms with E-state index in [4.69, 9.17) is 0 Å². The van der Waals surface area contributed by atoms with E-state index in [2.05, 4.69) is 31.2 Å². The SMILES string of the molecule is CCC(=O)C=C(C)c1ccc(CC)cc1. The summed E-state index contributed by atoms with van der Waals surface area (Å²) >= 11 is 0. The minimum absolute atomic E-state index is 0.187. The molecule has 0 aromatic heterocycles. The molecule has 0 aliphatic rings. The molecule has 0 radical (unpaired) electrons. The van der Waals surface area contributed by atoms with Gasteiger partial charge < -0.3 is 0 Å². The average Bonchev–Trinajstić information content (AvgIpc) is 2.29. The van der Waals surface area contributed by atoms with E-state index in [0.29, 0.717) is 6.42 Å². The fourth-order valence-corrected chi connectivity index (χ4v) is 1.43. The topological polar surface area (TPSA) is 17.1 Å². The lowest BCUT2D eigenvalue weighted by atomic mass is 10.0. The van der Waals surface area contributed by atoms with Crippen molar-refractivity contribution >= 4 is 11.4 Å². The Kier molecular flexibility index (Phi) is 4.29. The van der Waals surface area contributed by atoms with Gasteiger partial charge in [-0.15, -0.1) is 0 Å². The molecular formula is C14H18O. The monoisotopic (exact) mass is 202 g/mol. The second kappa shape index (κ2) is 5.50. The van der Waals surface area contributed by atoms with Gasteiger partial charge in [-0.05, 0) is 36.1 Å². The predicted octanol–water partition coefficient (Wildman–Crippen LogP) is 3.63. The maximum absolute atomic E-state index is 11.2. The van der Waals surface area contributed by atoms with Gasteiger partial charge in [0.15, 0.2) is 5.78 Å². The van der Waals surface area contributed by atoms with Crippen LogP contribution in [-0.2, 0) is 11.2 Å². The van der Waals surface area contributed by atoms with E-state index in [1.54, 1.807) is 6.08 Å². The first-order valence-corrected chi connectivity index (χ1v) is 5.47. The first kappa shape index (κ1) is 11.7. The third kappa shape index (κ3) is 3.35. The number of hydrogen-bond donors (Lipinski definition) is 0. The summed E-state index contributed by atoms with van der Waals surface area (Å²) in [5.41, 5.74) is 3.51. The quantitative estimate of drug-likeness (QED) is 0.681. The van der Waals surface area contributed by atoms with Crippen LogP contribution in [0.1, 0.15) is 38.3 Å². The molecule has 0 aliphatic carbocycles. The first-order valence-electron chi connectivity index (χ1n) is 5.47. The number of rotatable bonds is 4. The summed E-state index contributed by atoms with van der Waals surface area (Å²) in [5, 5.41) is 0. The smallest absolute Gasteiger partial charge is 0.155 e. The second-order valence-electron chi connectivity index (χ2n) is 3.70. The van der Waals surface area contributed by atoms with Crippen molar-refractivity contribution in [1.29, 1.82) is 0 Å². The molecule has 0 heterocycles. The van der Waals surface area contributed by atoms with Crippen LogP contribution in [0.4, 0.5) is 0 Å². The van der Waals surface area contributed by atoms with Gasteiger partial charge in [-0.25, -0.2) is 0 Å². The van der Waals surface area contributed by atoms with E-state index in [0.717, 1.165) is 17.6 Å². The molecule has 1 aromatic rings. The van der Waals surface area contributed by atoms with E-state index >= 15 is 0 Å². The van der Waals surface area contributed by atoms with Crippen molar-refractivity contribution in [2.24, 2.45) is 0 Å². The van der Waals surface area contributed by atoms with Crippen LogP contribution in [-0.4, -0.2) is 5.78 Å². The van der Waals surface area contributed by atoms with Crippen LogP contribution in [0.5, 0.6) is 0 Å². The Bertz CT molecular complexity index is 357. The van der Waals surface area contributed by atoms with Crippen molar-refractivity contribution in [3.8, 4) is 0 Å². The fraction of sp³-hybridized carbons (Fsp3) is 0.357. The van der Waals surface area contributed by atoms with Crippen LogP contribution in [0.25, 0.3) is 5.57 Å². The number of benzene rings is 1. The van der Waals surface area contributed by atoms with Crippen molar-refractivity contribution in [3.05, 3.63) is 41.5 Å². The minimum atomic E-state index is 0.187. The highest BCUT2D eigenvalue weighted by Crippen LogP contribution is 2.15. The maximum atomic E-state index is 11.2. The molecule has 0 amide bonds. The summed E-state index contributed by atoms with van der Waals surface area (Å²) in [4.78, 5) is 11.2. The van der Waals surface area contributed by atoms with Gasteiger partial charge in [0.2, 0.25) is 0 Å². The molecule has 0 N–H and O–H groups in total. The predicted molar refractivity (Wildman–Crippen MR) is 64.8 cm³/mol. The Morgan fingerprint density at radius 3 is 2.27 bits per heavy atom. The van der Waals surface area contributed by atoms with Crippen LogP contribution >= 0.6 is 0 Å². The van der Waals surface area contributed by atoms with Crippen molar-refractivity contribution in [3.63, 3.8) is 0 Å². The van der Waals surface area contributed by atoms with E-state index in [1.807, 2.05) is 13.8 Å². The van der Waals surface area contributed by atoms with Crippen molar-refractivity contribution in [2.75, 3.05) is 0 Å². The number of hydrogen-bond acceptors (Lipinski definition) is 1. The molecule has 0 saturated heterocycles. The van der Waals surface area contributed by atoms with Crippen LogP contribution in [0.15, 0.2) is 30.3 Å². The molecule has 1 rings (SSSR count). The molecule has 0 saturated carbocycles. The number of carbonyl (C=O) groups excluding carboxylic acids is 1. The highest BCUT2D eigenvalue weighted by molar-refractivity contribution is 5.96. The third-order valence-electron chi connectivity index (χ3n) is 2.54. The maximum Gasteiger partial charge on any atom is 0.155 e. The van der Waals surface area contributed by atoms with Gasteiger partial charge in [0.25, 0.3) is 0 Å². The zero-order valence-corrected chi connectivity index (χ0v) is 9.71. The van der Waals surface area contributed by atoms with Gasteiger partial charge in [0, 0.05) is 6.42 Å². The first-order chi connectivity index (χ1) is 7.17. The van der Waals surface area contributed by atoms with Crippen molar-refractivity contribution in [2.45, 2.75) is 33.6 Å². The molecule has 0 aliphatic heterocycles. The van der Waals surface area contributed by atoms with Crippen molar-refractivity contribution < 1.29 is 4.79 Å². The van der Waals surface area contributed by atoms with Gasteiger partial charge in [-0.1, -0.05) is 38.1 Å². The van der Waals surface area contributed by atoms with E-state index < -0.39 is 0 Å². The van der Waals surface area contributed by atoms with Gasteiger partial charge in [-0.2, -0.15) is 0 Å². The normalized spacial score (nSPS) is 11.5. The Labute approximate surface area is 91.8 Å². The fourth-order valence-electron chi connectivity index (χ4n) is 1.43. The third-order valence-corrected chi connectivity index (χ3v) is 2.54. The molecule has 1 heteroatoms. The summed E-state index contributed by atoms with van der Waals surface area (Å²) in [6.07, 6.45) is 3.35. The van der Waals surface area contributed by atoms with Crippen LogP contribution in [0.2, 0.25) is 0 Å². The van der Waals surface area contributed by atoms with E-state index in [1.165, 1.54) is 5.56 Å². The number of allylic oxidation sites excluding steroid dienone is 2. The van der Waals surface area contributed by atoms with Crippen LogP contribution in [0.3, 0.4) is 0 Å². The lowest BCUT2D eigenvalue weighted by Gasteiger charge is -2.02. The summed E-state index contributed by atoms with van der Waals surface area (Å²) in [7, 11) is 0. The lowest BCUT2D eigenvalue weighted by molar-refractivity contribution is -0.114.